The summed E-state index contributed by atoms with van der Waals surface area (Å²) in [7, 11) is -4.24. The molecule has 5 nitrogen and oxygen atoms in total. The van der Waals surface area contributed by atoms with E-state index in [1.54, 1.807) is 0 Å². The lowest BCUT2D eigenvalue weighted by Crippen LogP contribution is -2.35. The van der Waals surface area contributed by atoms with Crippen molar-refractivity contribution in [1.29, 1.82) is 0 Å². The zero-order valence-electron chi connectivity index (χ0n) is 10.5. The summed E-state index contributed by atoms with van der Waals surface area (Å²) in [5.41, 5.74) is 5.11. The van der Waals surface area contributed by atoms with Crippen LogP contribution in [-0.4, -0.2) is 25.7 Å². The number of benzene rings is 1. The molecule has 0 radical (unpaired) electrons. The SMILES string of the molecule is CC(O)CC(C)NS(=O)(=O)c1cc(N)cc(F)c1F. The number of rotatable bonds is 5. The minimum Gasteiger partial charge on any atom is -0.399 e. The van der Waals surface area contributed by atoms with Crippen LogP contribution < -0.4 is 10.5 Å². The van der Waals surface area contributed by atoms with Gasteiger partial charge in [-0.1, -0.05) is 0 Å². The Hall–Kier alpha value is -1.25. The Kier molecular flexibility index (Phi) is 4.83. The Morgan fingerprint density at radius 1 is 1.37 bits per heavy atom. The van der Waals surface area contributed by atoms with Crippen LogP contribution in [-0.2, 0) is 10.0 Å². The zero-order chi connectivity index (χ0) is 14.8. The Morgan fingerprint density at radius 2 is 1.95 bits per heavy atom. The molecule has 0 saturated heterocycles. The second kappa shape index (κ2) is 5.81. The number of anilines is 1. The predicted molar refractivity (Wildman–Crippen MR) is 66.9 cm³/mol. The number of hydrogen-bond acceptors (Lipinski definition) is 4. The Balaban J connectivity index is 3.07. The molecule has 2 atom stereocenters. The van der Waals surface area contributed by atoms with Crippen molar-refractivity contribution in [3.8, 4) is 0 Å². The van der Waals surface area contributed by atoms with Gasteiger partial charge >= 0.3 is 0 Å². The molecule has 0 fully saturated rings. The number of halogens is 2. The molecule has 0 heterocycles. The highest BCUT2D eigenvalue weighted by atomic mass is 32.2. The molecule has 0 bridgehead atoms. The Labute approximate surface area is 110 Å². The quantitative estimate of drug-likeness (QED) is 0.706. The molecule has 0 aliphatic rings. The van der Waals surface area contributed by atoms with E-state index in [1.165, 1.54) is 13.8 Å². The smallest absolute Gasteiger partial charge is 0.243 e. The highest BCUT2D eigenvalue weighted by Crippen LogP contribution is 2.21. The predicted octanol–water partition coefficient (Wildman–Crippen LogP) is 0.985. The summed E-state index contributed by atoms with van der Waals surface area (Å²) >= 11 is 0. The van der Waals surface area contributed by atoms with Crippen LogP contribution in [0.25, 0.3) is 0 Å². The molecule has 2 unspecified atom stereocenters. The number of aliphatic hydroxyl groups excluding tert-OH is 1. The van der Waals surface area contributed by atoms with Gasteiger partial charge < -0.3 is 10.8 Å². The maximum absolute atomic E-state index is 13.5. The molecular formula is C11H16F2N2O3S. The first kappa shape index (κ1) is 15.8. The van der Waals surface area contributed by atoms with Gasteiger partial charge in [0, 0.05) is 11.7 Å². The van der Waals surface area contributed by atoms with E-state index in [9.17, 15) is 17.2 Å². The fraction of sp³-hybridized carbons (Fsp3) is 0.455. The average molecular weight is 294 g/mol. The summed E-state index contributed by atoms with van der Waals surface area (Å²) in [5, 5.41) is 9.14. The number of hydrogen-bond donors (Lipinski definition) is 3. The van der Waals surface area contributed by atoms with Crippen molar-refractivity contribution in [2.24, 2.45) is 0 Å². The molecule has 8 heteroatoms. The van der Waals surface area contributed by atoms with Gasteiger partial charge in [0.1, 0.15) is 4.90 Å². The fourth-order valence-electron chi connectivity index (χ4n) is 1.67. The van der Waals surface area contributed by atoms with Crippen molar-refractivity contribution in [3.63, 3.8) is 0 Å². The molecule has 1 aromatic rings. The standard InChI is InChI=1S/C11H16F2N2O3S/c1-6(3-7(2)16)15-19(17,18)10-5-8(14)4-9(12)11(10)13/h4-7,15-16H,3,14H2,1-2H3. The van der Waals surface area contributed by atoms with Gasteiger partial charge in [0.25, 0.3) is 0 Å². The van der Waals surface area contributed by atoms with Crippen molar-refractivity contribution in [2.75, 3.05) is 5.73 Å². The first-order chi connectivity index (χ1) is 8.63. The van der Waals surface area contributed by atoms with E-state index >= 15 is 0 Å². The molecule has 0 amide bonds. The monoisotopic (exact) mass is 294 g/mol. The van der Waals surface area contributed by atoms with Gasteiger partial charge in [0.05, 0.1) is 6.10 Å². The summed E-state index contributed by atoms with van der Waals surface area (Å²) in [5.74, 6) is -2.81. The highest BCUT2D eigenvalue weighted by molar-refractivity contribution is 7.89. The van der Waals surface area contributed by atoms with Crippen LogP contribution in [0.2, 0.25) is 0 Å². The minimum atomic E-state index is -4.24. The lowest BCUT2D eigenvalue weighted by Gasteiger charge is -2.16. The lowest BCUT2D eigenvalue weighted by molar-refractivity contribution is 0.175. The van der Waals surface area contributed by atoms with E-state index in [2.05, 4.69) is 4.72 Å². The van der Waals surface area contributed by atoms with Gasteiger partial charge in [-0.05, 0) is 32.4 Å². The molecule has 0 aliphatic carbocycles. The molecule has 0 spiro atoms. The van der Waals surface area contributed by atoms with Crippen LogP contribution in [0, 0.1) is 11.6 Å². The molecule has 1 rings (SSSR count). The third-order valence-electron chi connectivity index (χ3n) is 2.36. The van der Waals surface area contributed by atoms with E-state index in [0.717, 1.165) is 6.07 Å². The molecule has 108 valence electrons. The van der Waals surface area contributed by atoms with Gasteiger partial charge in [0.2, 0.25) is 10.0 Å². The van der Waals surface area contributed by atoms with Crippen molar-refractivity contribution in [3.05, 3.63) is 23.8 Å². The maximum atomic E-state index is 13.5. The summed E-state index contributed by atoms with van der Waals surface area (Å²) in [6.45, 7) is 3.00. The zero-order valence-corrected chi connectivity index (χ0v) is 11.3. The van der Waals surface area contributed by atoms with Crippen molar-refractivity contribution in [1.82, 2.24) is 4.72 Å². The normalized spacial score (nSPS) is 15.2. The van der Waals surface area contributed by atoms with Gasteiger partial charge in [-0.15, -0.1) is 0 Å². The summed E-state index contributed by atoms with van der Waals surface area (Å²) in [6.07, 6.45) is -0.578. The van der Waals surface area contributed by atoms with Gasteiger partial charge in [-0.3, -0.25) is 0 Å². The molecule has 0 aliphatic heterocycles. The molecule has 0 saturated carbocycles. The molecule has 4 N–H and O–H groups in total. The molecule has 0 aromatic heterocycles. The molecular weight excluding hydrogens is 278 g/mol. The number of nitrogens with two attached hydrogens (primary N) is 1. The lowest BCUT2D eigenvalue weighted by atomic mass is 10.2. The van der Waals surface area contributed by atoms with E-state index < -0.39 is 38.7 Å². The first-order valence-electron chi connectivity index (χ1n) is 5.58. The van der Waals surface area contributed by atoms with Crippen LogP contribution in [0.5, 0.6) is 0 Å². The Bertz CT molecular complexity index is 561. The summed E-state index contributed by atoms with van der Waals surface area (Å²) in [4.78, 5) is -0.845. The van der Waals surface area contributed by atoms with Gasteiger partial charge in [-0.25, -0.2) is 21.9 Å². The first-order valence-corrected chi connectivity index (χ1v) is 7.06. The van der Waals surface area contributed by atoms with Gasteiger partial charge in [0.15, 0.2) is 11.6 Å². The van der Waals surface area contributed by atoms with Crippen LogP contribution in [0.3, 0.4) is 0 Å². The molecule has 1 aromatic carbocycles. The second-order valence-corrected chi connectivity index (χ2v) is 6.10. The summed E-state index contributed by atoms with van der Waals surface area (Å²) < 4.78 is 52.6. The van der Waals surface area contributed by atoms with Crippen LogP contribution >= 0.6 is 0 Å². The largest absolute Gasteiger partial charge is 0.399 e. The van der Waals surface area contributed by atoms with Crippen LogP contribution in [0.1, 0.15) is 20.3 Å². The van der Waals surface area contributed by atoms with E-state index in [4.69, 9.17) is 10.8 Å². The van der Waals surface area contributed by atoms with Gasteiger partial charge in [-0.2, -0.15) is 0 Å². The third-order valence-corrected chi connectivity index (χ3v) is 3.95. The van der Waals surface area contributed by atoms with Crippen LogP contribution in [0.15, 0.2) is 17.0 Å². The average Bonchev–Trinajstić information content (AvgIpc) is 2.20. The second-order valence-electron chi connectivity index (χ2n) is 4.42. The summed E-state index contributed by atoms with van der Waals surface area (Å²) in [6, 6.07) is 0.914. The number of nitrogens with one attached hydrogen (secondary N) is 1. The topological polar surface area (TPSA) is 92.4 Å². The van der Waals surface area contributed by atoms with E-state index in [0.29, 0.717) is 6.07 Å². The van der Waals surface area contributed by atoms with Crippen LogP contribution in [0.4, 0.5) is 14.5 Å². The van der Waals surface area contributed by atoms with Crippen molar-refractivity contribution >= 4 is 15.7 Å². The number of aliphatic hydroxyl groups is 1. The van der Waals surface area contributed by atoms with Crippen molar-refractivity contribution in [2.45, 2.75) is 37.3 Å². The van der Waals surface area contributed by atoms with E-state index in [-0.39, 0.29) is 12.1 Å². The van der Waals surface area contributed by atoms with E-state index in [1.807, 2.05) is 0 Å². The highest BCUT2D eigenvalue weighted by Gasteiger charge is 2.24. The number of sulfonamides is 1. The van der Waals surface area contributed by atoms with Crippen molar-refractivity contribution < 1.29 is 22.3 Å². The minimum absolute atomic E-state index is 0.144. The fourth-order valence-corrected chi connectivity index (χ4v) is 3.05. The molecule has 19 heavy (non-hydrogen) atoms. The third kappa shape index (κ3) is 4.12. The number of nitrogen functional groups attached to an aromatic ring is 1. The Morgan fingerprint density at radius 3 is 2.47 bits per heavy atom. The maximum Gasteiger partial charge on any atom is 0.243 e.